The molecule has 0 spiro atoms. The molecule has 0 aromatic heterocycles. The number of rotatable bonds is 5. The number of hydrogen-bond donors (Lipinski definition) is 2. The molecule has 0 atom stereocenters. The smallest absolute Gasteiger partial charge is 0.263 e. The maximum atomic E-state index is 12.1. The molecule has 4 nitrogen and oxygen atoms in total. The predicted octanol–water partition coefficient (Wildman–Crippen LogP) is 3.89. The first-order valence-corrected chi connectivity index (χ1v) is 7.84. The van der Waals surface area contributed by atoms with Gasteiger partial charge >= 0.3 is 0 Å². The van der Waals surface area contributed by atoms with Crippen molar-refractivity contribution in [3.05, 3.63) is 75.9 Å². The van der Waals surface area contributed by atoms with Gasteiger partial charge < -0.3 is 10.6 Å². The lowest BCUT2D eigenvalue weighted by molar-refractivity contribution is -0.117. The molecule has 0 radical (unpaired) electrons. The molecule has 5 heteroatoms. The van der Waals surface area contributed by atoms with Gasteiger partial charge in [-0.3, -0.25) is 4.79 Å². The van der Waals surface area contributed by atoms with Crippen LogP contribution in [0.1, 0.15) is 11.1 Å². The van der Waals surface area contributed by atoms with Crippen LogP contribution in [0.25, 0.3) is 0 Å². The van der Waals surface area contributed by atoms with Crippen molar-refractivity contribution in [1.29, 1.82) is 5.26 Å². The van der Waals surface area contributed by atoms with Crippen LogP contribution >= 0.6 is 15.9 Å². The van der Waals surface area contributed by atoms with Crippen LogP contribution in [-0.2, 0) is 11.3 Å². The Kier molecular flexibility index (Phi) is 5.95. The van der Waals surface area contributed by atoms with Crippen LogP contribution in [0, 0.1) is 18.3 Å². The monoisotopic (exact) mass is 369 g/mol. The zero-order valence-corrected chi connectivity index (χ0v) is 14.2. The van der Waals surface area contributed by atoms with Gasteiger partial charge in [-0.1, -0.05) is 46.3 Å². The highest BCUT2D eigenvalue weighted by molar-refractivity contribution is 9.10. The summed E-state index contributed by atoms with van der Waals surface area (Å²) >= 11 is 3.40. The van der Waals surface area contributed by atoms with Gasteiger partial charge in [0.05, 0.1) is 0 Å². The molecule has 0 unspecified atom stereocenters. The topological polar surface area (TPSA) is 64.9 Å². The molecule has 116 valence electrons. The molecule has 2 aromatic carbocycles. The van der Waals surface area contributed by atoms with E-state index in [9.17, 15) is 4.79 Å². The Hall–Kier alpha value is -2.58. The van der Waals surface area contributed by atoms with Crippen LogP contribution in [0.2, 0.25) is 0 Å². The van der Waals surface area contributed by atoms with E-state index in [-0.39, 0.29) is 5.57 Å². The molecule has 0 heterocycles. The molecule has 2 aromatic rings. The largest absolute Gasteiger partial charge is 0.360 e. The van der Waals surface area contributed by atoms with Gasteiger partial charge in [0.1, 0.15) is 11.6 Å². The van der Waals surface area contributed by atoms with Crippen LogP contribution in [-0.4, -0.2) is 5.91 Å². The molecule has 0 aliphatic heterocycles. The molecule has 2 N–H and O–H groups in total. The van der Waals surface area contributed by atoms with Crippen molar-refractivity contribution >= 4 is 27.5 Å². The molecular weight excluding hydrogens is 354 g/mol. The zero-order chi connectivity index (χ0) is 16.7. The fourth-order valence-corrected chi connectivity index (χ4v) is 2.44. The van der Waals surface area contributed by atoms with Gasteiger partial charge in [0.15, 0.2) is 0 Å². The minimum absolute atomic E-state index is 0.0308. The van der Waals surface area contributed by atoms with Crippen LogP contribution in [0.15, 0.2) is 64.8 Å². The molecule has 0 aliphatic rings. The van der Waals surface area contributed by atoms with Crippen LogP contribution in [0.4, 0.5) is 5.69 Å². The van der Waals surface area contributed by atoms with E-state index in [0.29, 0.717) is 6.54 Å². The van der Waals surface area contributed by atoms with E-state index in [2.05, 4.69) is 26.6 Å². The number of anilines is 1. The molecular formula is C18H16BrN3O. The van der Waals surface area contributed by atoms with E-state index in [1.807, 2.05) is 61.5 Å². The average Bonchev–Trinajstić information content (AvgIpc) is 2.56. The molecule has 0 saturated heterocycles. The first-order chi connectivity index (χ1) is 11.1. The molecule has 0 saturated carbocycles. The third-order valence-electron chi connectivity index (χ3n) is 3.22. The van der Waals surface area contributed by atoms with Crippen LogP contribution in [0.5, 0.6) is 0 Å². The highest BCUT2D eigenvalue weighted by Gasteiger charge is 2.08. The number of nitrogens with zero attached hydrogens (tertiary/aromatic N) is 1. The number of benzene rings is 2. The van der Waals surface area contributed by atoms with Gasteiger partial charge in [0.25, 0.3) is 5.91 Å². The molecule has 23 heavy (non-hydrogen) atoms. The summed E-state index contributed by atoms with van der Waals surface area (Å²) in [5.74, 6) is -0.404. The van der Waals surface area contributed by atoms with Gasteiger partial charge in [-0.05, 0) is 36.2 Å². The summed E-state index contributed by atoms with van der Waals surface area (Å²) in [4.78, 5) is 12.1. The number of nitrogens with one attached hydrogen (secondary N) is 2. The summed E-state index contributed by atoms with van der Waals surface area (Å²) in [6, 6.07) is 17.2. The van der Waals surface area contributed by atoms with Gasteiger partial charge in [0, 0.05) is 22.9 Å². The van der Waals surface area contributed by atoms with Crippen molar-refractivity contribution in [2.24, 2.45) is 0 Å². The van der Waals surface area contributed by atoms with E-state index in [0.717, 1.165) is 21.3 Å². The third-order valence-corrected chi connectivity index (χ3v) is 3.71. The Balaban J connectivity index is 2.00. The standard InChI is InChI=1S/C18H16BrN3O/c1-13-9-16(19)7-8-17(13)21-12-15(10-20)18(23)22-11-14-5-3-2-4-6-14/h2-9,12,21H,11H2,1H3,(H,22,23)/b15-12-. The Bertz CT molecular complexity index is 764. The minimum Gasteiger partial charge on any atom is -0.360 e. The van der Waals surface area contributed by atoms with Crippen molar-refractivity contribution in [3.63, 3.8) is 0 Å². The van der Waals surface area contributed by atoms with E-state index in [1.165, 1.54) is 6.20 Å². The lowest BCUT2D eigenvalue weighted by Crippen LogP contribution is -2.24. The lowest BCUT2D eigenvalue weighted by Gasteiger charge is -2.07. The van der Waals surface area contributed by atoms with Crippen LogP contribution in [0.3, 0.4) is 0 Å². The lowest BCUT2D eigenvalue weighted by atomic mass is 10.2. The van der Waals surface area contributed by atoms with Crippen molar-refractivity contribution in [1.82, 2.24) is 5.32 Å². The summed E-state index contributed by atoms with van der Waals surface area (Å²) in [6.07, 6.45) is 1.43. The normalized spacial score (nSPS) is 10.7. The summed E-state index contributed by atoms with van der Waals surface area (Å²) in [5.41, 5.74) is 2.87. The van der Waals surface area contributed by atoms with E-state index < -0.39 is 5.91 Å². The summed E-state index contributed by atoms with van der Waals surface area (Å²) in [6.45, 7) is 2.33. The molecule has 2 rings (SSSR count). The van der Waals surface area contributed by atoms with Crippen molar-refractivity contribution < 1.29 is 4.79 Å². The number of hydrogen-bond acceptors (Lipinski definition) is 3. The summed E-state index contributed by atoms with van der Waals surface area (Å²) in [5, 5.41) is 14.9. The van der Waals surface area contributed by atoms with Gasteiger partial charge in [-0.15, -0.1) is 0 Å². The van der Waals surface area contributed by atoms with E-state index >= 15 is 0 Å². The highest BCUT2D eigenvalue weighted by Crippen LogP contribution is 2.20. The van der Waals surface area contributed by atoms with Crippen molar-refractivity contribution in [2.75, 3.05) is 5.32 Å². The Morgan fingerprint density at radius 1 is 1.26 bits per heavy atom. The van der Waals surface area contributed by atoms with Gasteiger partial charge in [-0.25, -0.2) is 0 Å². The molecule has 1 amide bonds. The zero-order valence-electron chi connectivity index (χ0n) is 12.6. The maximum absolute atomic E-state index is 12.1. The van der Waals surface area contributed by atoms with Gasteiger partial charge in [-0.2, -0.15) is 5.26 Å². The number of carbonyl (C=O) groups is 1. The maximum Gasteiger partial charge on any atom is 0.263 e. The first-order valence-electron chi connectivity index (χ1n) is 7.05. The number of nitriles is 1. The van der Waals surface area contributed by atoms with E-state index in [4.69, 9.17) is 5.26 Å². The molecule has 0 aliphatic carbocycles. The van der Waals surface area contributed by atoms with Gasteiger partial charge in [0.2, 0.25) is 0 Å². The Morgan fingerprint density at radius 2 is 2.00 bits per heavy atom. The average molecular weight is 370 g/mol. The van der Waals surface area contributed by atoms with Crippen LogP contribution < -0.4 is 10.6 Å². The Labute approximate surface area is 144 Å². The van der Waals surface area contributed by atoms with Crippen molar-refractivity contribution in [3.8, 4) is 6.07 Å². The summed E-state index contributed by atoms with van der Waals surface area (Å²) < 4.78 is 0.977. The first kappa shape index (κ1) is 16.8. The molecule has 0 fully saturated rings. The number of amides is 1. The predicted molar refractivity (Wildman–Crippen MR) is 94.5 cm³/mol. The fourth-order valence-electron chi connectivity index (χ4n) is 1.96. The SMILES string of the molecule is Cc1cc(Br)ccc1N/C=C(/C#N)C(=O)NCc1ccccc1. The third kappa shape index (κ3) is 4.97. The van der Waals surface area contributed by atoms with E-state index in [1.54, 1.807) is 0 Å². The second-order valence-electron chi connectivity index (χ2n) is 4.94. The fraction of sp³-hybridized carbons (Fsp3) is 0.111. The second-order valence-corrected chi connectivity index (χ2v) is 5.86. The Morgan fingerprint density at radius 3 is 2.65 bits per heavy atom. The summed E-state index contributed by atoms with van der Waals surface area (Å²) in [7, 11) is 0. The number of halogens is 1. The number of carbonyl (C=O) groups excluding carboxylic acids is 1. The highest BCUT2D eigenvalue weighted by atomic mass is 79.9. The number of aryl methyl sites for hydroxylation is 1. The van der Waals surface area contributed by atoms with Crippen molar-refractivity contribution in [2.45, 2.75) is 13.5 Å². The minimum atomic E-state index is -0.404. The quantitative estimate of drug-likeness (QED) is 0.620. The molecule has 0 bridgehead atoms. The second kappa shape index (κ2) is 8.16.